The fourth-order valence-electron chi connectivity index (χ4n) is 2.82. The number of rotatable bonds is 4. The summed E-state index contributed by atoms with van der Waals surface area (Å²) in [6, 6.07) is 7.15. The van der Waals surface area contributed by atoms with Crippen LogP contribution in [0.1, 0.15) is 36.0 Å². The summed E-state index contributed by atoms with van der Waals surface area (Å²) in [5, 5.41) is 12.0. The van der Waals surface area contributed by atoms with E-state index >= 15 is 0 Å². The molecule has 0 spiro atoms. The molecule has 1 aromatic carbocycles. The summed E-state index contributed by atoms with van der Waals surface area (Å²) >= 11 is 0. The molecule has 5 heteroatoms. The number of likely N-dealkylation sites (tertiary alicyclic amines) is 1. The standard InChI is InChI=1S/C17H22N2O3/c20-11-12-6-8-19(9-7-12)17(22)14-2-1-3-15(10-14)18-16(21)13-4-5-13/h1-3,10,12-13,20H,4-9,11H2,(H,18,21). The minimum Gasteiger partial charge on any atom is -0.396 e. The van der Waals surface area contributed by atoms with Crippen LogP contribution in [-0.4, -0.2) is 41.5 Å². The molecule has 0 unspecified atom stereocenters. The van der Waals surface area contributed by atoms with Crippen molar-refractivity contribution in [2.45, 2.75) is 25.7 Å². The highest BCUT2D eigenvalue weighted by Gasteiger charge is 2.29. The Morgan fingerprint density at radius 3 is 2.55 bits per heavy atom. The van der Waals surface area contributed by atoms with Crippen molar-refractivity contribution in [3.05, 3.63) is 29.8 Å². The van der Waals surface area contributed by atoms with Crippen LogP contribution in [0.2, 0.25) is 0 Å². The molecule has 0 aromatic heterocycles. The maximum Gasteiger partial charge on any atom is 0.253 e. The van der Waals surface area contributed by atoms with Crippen molar-refractivity contribution < 1.29 is 14.7 Å². The quantitative estimate of drug-likeness (QED) is 0.892. The minimum absolute atomic E-state index is 0.00101. The summed E-state index contributed by atoms with van der Waals surface area (Å²) in [5.74, 6) is 0.511. The second-order valence-electron chi connectivity index (χ2n) is 6.26. The summed E-state index contributed by atoms with van der Waals surface area (Å²) in [6.45, 7) is 1.57. The van der Waals surface area contributed by atoms with E-state index in [9.17, 15) is 9.59 Å². The summed E-state index contributed by atoms with van der Waals surface area (Å²) in [7, 11) is 0. The Kier molecular flexibility index (Phi) is 4.43. The molecule has 1 aromatic rings. The van der Waals surface area contributed by atoms with Crippen LogP contribution in [0.4, 0.5) is 5.69 Å². The number of hydrogen-bond donors (Lipinski definition) is 2. The van der Waals surface area contributed by atoms with Crippen molar-refractivity contribution in [3.8, 4) is 0 Å². The number of hydrogen-bond acceptors (Lipinski definition) is 3. The topological polar surface area (TPSA) is 69.6 Å². The monoisotopic (exact) mass is 302 g/mol. The van der Waals surface area contributed by atoms with E-state index in [1.807, 2.05) is 11.0 Å². The van der Waals surface area contributed by atoms with E-state index in [-0.39, 0.29) is 24.3 Å². The predicted octanol–water partition coefficient (Wildman–Crippen LogP) is 1.88. The number of carbonyl (C=O) groups excluding carboxylic acids is 2. The zero-order chi connectivity index (χ0) is 15.5. The van der Waals surface area contributed by atoms with E-state index in [1.165, 1.54) is 0 Å². The van der Waals surface area contributed by atoms with Crippen LogP contribution in [0, 0.1) is 11.8 Å². The Hall–Kier alpha value is -1.88. The summed E-state index contributed by atoms with van der Waals surface area (Å²) in [6.07, 6.45) is 3.62. The molecule has 3 rings (SSSR count). The maximum absolute atomic E-state index is 12.5. The number of amides is 2. The highest BCUT2D eigenvalue weighted by molar-refractivity contribution is 5.98. The van der Waals surface area contributed by atoms with Crippen LogP contribution in [0.3, 0.4) is 0 Å². The molecule has 1 aliphatic heterocycles. The van der Waals surface area contributed by atoms with Gasteiger partial charge in [-0.05, 0) is 49.8 Å². The Morgan fingerprint density at radius 1 is 1.18 bits per heavy atom. The zero-order valence-corrected chi connectivity index (χ0v) is 12.6. The molecule has 5 nitrogen and oxygen atoms in total. The normalized spacial score (nSPS) is 19.0. The van der Waals surface area contributed by atoms with E-state index in [4.69, 9.17) is 5.11 Å². The minimum atomic E-state index is -0.00101. The largest absolute Gasteiger partial charge is 0.396 e. The zero-order valence-electron chi connectivity index (χ0n) is 12.6. The van der Waals surface area contributed by atoms with Crippen molar-refractivity contribution in [1.82, 2.24) is 4.90 Å². The molecule has 0 bridgehead atoms. The van der Waals surface area contributed by atoms with Crippen molar-refractivity contribution in [3.63, 3.8) is 0 Å². The maximum atomic E-state index is 12.5. The Morgan fingerprint density at radius 2 is 1.91 bits per heavy atom. The van der Waals surface area contributed by atoms with Gasteiger partial charge in [0.05, 0.1) is 0 Å². The van der Waals surface area contributed by atoms with Crippen LogP contribution < -0.4 is 5.32 Å². The lowest BCUT2D eigenvalue weighted by atomic mass is 9.97. The first kappa shape index (κ1) is 15.0. The fraction of sp³-hybridized carbons (Fsp3) is 0.529. The molecule has 0 radical (unpaired) electrons. The first-order valence-corrected chi connectivity index (χ1v) is 7.98. The highest BCUT2D eigenvalue weighted by atomic mass is 16.3. The average Bonchev–Trinajstić information content (AvgIpc) is 3.39. The van der Waals surface area contributed by atoms with Gasteiger partial charge in [-0.25, -0.2) is 0 Å². The molecule has 0 atom stereocenters. The average molecular weight is 302 g/mol. The van der Waals surface area contributed by atoms with Gasteiger partial charge >= 0.3 is 0 Å². The molecule has 1 saturated carbocycles. The summed E-state index contributed by atoms with van der Waals surface area (Å²) in [4.78, 5) is 26.2. The van der Waals surface area contributed by atoms with Crippen LogP contribution in [-0.2, 0) is 4.79 Å². The molecular formula is C17H22N2O3. The molecule has 2 aliphatic rings. The van der Waals surface area contributed by atoms with E-state index in [1.54, 1.807) is 18.2 Å². The SMILES string of the molecule is O=C(Nc1cccc(C(=O)N2CCC(CO)CC2)c1)C1CC1. The molecule has 118 valence electrons. The number of aliphatic hydroxyl groups excluding tert-OH is 1. The molecular weight excluding hydrogens is 280 g/mol. The second kappa shape index (κ2) is 6.48. The number of nitrogens with zero attached hydrogens (tertiary/aromatic N) is 1. The van der Waals surface area contributed by atoms with Gasteiger partial charge < -0.3 is 15.3 Å². The lowest BCUT2D eigenvalue weighted by Crippen LogP contribution is -2.39. The third-order valence-corrected chi connectivity index (χ3v) is 4.49. The lowest BCUT2D eigenvalue weighted by molar-refractivity contribution is -0.117. The van der Waals surface area contributed by atoms with Gasteiger partial charge in [-0.1, -0.05) is 6.07 Å². The van der Waals surface area contributed by atoms with Gasteiger partial charge in [-0.3, -0.25) is 9.59 Å². The molecule has 1 heterocycles. The van der Waals surface area contributed by atoms with E-state index in [0.717, 1.165) is 25.7 Å². The fourth-order valence-corrected chi connectivity index (χ4v) is 2.82. The van der Waals surface area contributed by atoms with Gasteiger partial charge in [-0.15, -0.1) is 0 Å². The van der Waals surface area contributed by atoms with Crippen LogP contribution in [0.25, 0.3) is 0 Å². The lowest BCUT2D eigenvalue weighted by Gasteiger charge is -2.31. The predicted molar refractivity (Wildman–Crippen MR) is 83.5 cm³/mol. The molecule has 1 saturated heterocycles. The van der Waals surface area contributed by atoms with E-state index in [2.05, 4.69) is 5.32 Å². The summed E-state index contributed by atoms with van der Waals surface area (Å²) < 4.78 is 0. The van der Waals surface area contributed by atoms with Crippen molar-refractivity contribution in [1.29, 1.82) is 0 Å². The third kappa shape index (κ3) is 3.47. The van der Waals surface area contributed by atoms with Gasteiger partial charge in [0.1, 0.15) is 0 Å². The van der Waals surface area contributed by atoms with Gasteiger partial charge in [0.25, 0.3) is 5.91 Å². The van der Waals surface area contributed by atoms with Gasteiger partial charge in [0.15, 0.2) is 0 Å². The first-order chi connectivity index (χ1) is 10.7. The van der Waals surface area contributed by atoms with Crippen LogP contribution in [0.15, 0.2) is 24.3 Å². The van der Waals surface area contributed by atoms with E-state index in [0.29, 0.717) is 30.3 Å². The second-order valence-corrected chi connectivity index (χ2v) is 6.26. The number of carbonyl (C=O) groups is 2. The molecule has 2 fully saturated rings. The number of aliphatic hydroxyl groups is 1. The first-order valence-electron chi connectivity index (χ1n) is 7.98. The van der Waals surface area contributed by atoms with Crippen molar-refractivity contribution in [2.24, 2.45) is 11.8 Å². The number of benzene rings is 1. The van der Waals surface area contributed by atoms with Crippen LogP contribution in [0.5, 0.6) is 0 Å². The highest BCUT2D eigenvalue weighted by Crippen LogP contribution is 2.30. The van der Waals surface area contributed by atoms with E-state index < -0.39 is 0 Å². The third-order valence-electron chi connectivity index (χ3n) is 4.49. The summed E-state index contributed by atoms with van der Waals surface area (Å²) in [5.41, 5.74) is 1.30. The Labute approximate surface area is 130 Å². The van der Waals surface area contributed by atoms with Gasteiger partial charge in [0, 0.05) is 36.9 Å². The molecule has 2 N–H and O–H groups in total. The van der Waals surface area contributed by atoms with Crippen LogP contribution >= 0.6 is 0 Å². The molecule has 22 heavy (non-hydrogen) atoms. The Balaban J connectivity index is 1.63. The molecule has 1 aliphatic carbocycles. The Bertz CT molecular complexity index is 561. The van der Waals surface area contributed by atoms with Crippen molar-refractivity contribution >= 4 is 17.5 Å². The van der Waals surface area contributed by atoms with Crippen molar-refractivity contribution in [2.75, 3.05) is 25.0 Å². The van der Waals surface area contributed by atoms with Gasteiger partial charge in [-0.2, -0.15) is 0 Å². The smallest absolute Gasteiger partial charge is 0.253 e. The number of anilines is 1. The molecule has 2 amide bonds. The van der Waals surface area contributed by atoms with Gasteiger partial charge in [0.2, 0.25) is 5.91 Å². The number of piperidine rings is 1. The number of nitrogens with one attached hydrogen (secondary N) is 1.